The first kappa shape index (κ1) is 13.8. The Kier molecular flexibility index (Phi) is 4.82. The summed E-state index contributed by atoms with van der Waals surface area (Å²) in [6.45, 7) is 1.43. The minimum atomic E-state index is -1.04. The molecule has 0 aromatic heterocycles. The molecule has 2 unspecified atom stereocenters. The Balaban J connectivity index is 3.09. The number of rotatable bonds is 5. The quantitative estimate of drug-likeness (QED) is 0.246. The molecule has 7 nitrogen and oxygen atoms in total. The van der Waals surface area contributed by atoms with Crippen molar-refractivity contribution in [1.29, 1.82) is 0 Å². The first-order valence-electron chi connectivity index (χ1n) is 5.04. The zero-order valence-electron chi connectivity index (χ0n) is 9.73. The summed E-state index contributed by atoms with van der Waals surface area (Å²) in [5, 5.41) is 37.7. The number of nitrogens with one attached hydrogen (secondary N) is 2. The van der Waals surface area contributed by atoms with Crippen molar-refractivity contribution in [3.63, 3.8) is 0 Å². The average Bonchev–Trinajstić information content (AvgIpc) is 2.22. The van der Waals surface area contributed by atoms with Crippen molar-refractivity contribution in [3.8, 4) is 5.75 Å². The molecule has 0 spiro atoms. The SMILES string of the molecule is COC[NH+](O)c1cc(C)cc(C[NH+]([O-])O)c1O. The predicted molar refractivity (Wildman–Crippen MR) is 56.9 cm³/mol. The normalized spacial score (nSPS) is 14.6. The van der Waals surface area contributed by atoms with Crippen molar-refractivity contribution in [1.82, 2.24) is 0 Å². The Bertz CT molecular complexity index is 383. The summed E-state index contributed by atoms with van der Waals surface area (Å²) in [7, 11) is 1.42. The van der Waals surface area contributed by atoms with Crippen LogP contribution in [-0.2, 0) is 11.3 Å². The highest BCUT2D eigenvalue weighted by Crippen LogP contribution is 2.25. The number of hydrogen-bond acceptors (Lipinski definition) is 5. The maximum Gasteiger partial charge on any atom is 0.215 e. The third-order valence-electron chi connectivity index (χ3n) is 2.27. The lowest BCUT2D eigenvalue weighted by Crippen LogP contribution is -3.05. The van der Waals surface area contributed by atoms with Gasteiger partial charge in [-0.3, -0.25) is 0 Å². The molecule has 0 saturated carbocycles. The average molecular weight is 245 g/mol. The van der Waals surface area contributed by atoms with E-state index in [1.807, 2.05) is 0 Å². The van der Waals surface area contributed by atoms with Gasteiger partial charge in [0.15, 0.2) is 5.75 Å². The van der Waals surface area contributed by atoms with Gasteiger partial charge in [0.05, 0.1) is 5.56 Å². The third kappa shape index (κ3) is 3.63. The molecule has 5 N–H and O–H groups in total. The monoisotopic (exact) mass is 245 g/mol. The van der Waals surface area contributed by atoms with Crippen molar-refractivity contribution in [2.75, 3.05) is 13.8 Å². The molecule has 0 fully saturated rings. The van der Waals surface area contributed by atoms with Crippen LogP contribution < -0.4 is 10.3 Å². The van der Waals surface area contributed by atoms with Gasteiger partial charge in [0, 0.05) is 13.2 Å². The summed E-state index contributed by atoms with van der Waals surface area (Å²) in [5.74, 6) is -0.215. The molecule has 0 bridgehead atoms. The van der Waals surface area contributed by atoms with Gasteiger partial charge < -0.3 is 15.1 Å². The van der Waals surface area contributed by atoms with Gasteiger partial charge in [-0.2, -0.15) is 0 Å². The smallest absolute Gasteiger partial charge is 0.215 e. The molecule has 2 atom stereocenters. The lowest BCUT2D eigenvalue weighted by Gasteiger charge is -2.16. The fraction of sp³-hybridized carbons (Fsp3) is 0.400. The van der Waals surface area contributed by atoms with E-state index < -0.39 is 5.23 Å². The van der Waals surface area contributed by atoms with Crippen molar-refractivity contribution >= 4 is 5.69 Å². The molecular formula is C10H17N2O5+. The minimum absolute atomic E-state index is 0.0382. The first-order chi connectivity index (χ1) is 7.95. The van der Waals surface area contributed by atoms with Gasteiger partial charge in [-0.05, 0) is 18.6 Å². The number of hydrogen-bond donors (Lipinski definition) is 5. The summed E-state index contributed by atoms with van der Waals surface area (Å²) in [6.07, 6.45) is 0. The van der Waals surface area contributed by atoms with E-state index in [9.17, 15) is 15.5 Å². The molecule has 96 valence electrons. The van der Waals surface area contributed by atoms with Gasteiger partial charge in [0.1, 0.15) is 6.54 Å². The van der Waals surface area contributed by atoms with Crippen LogP contribution in [0.5, 0.6) is 5.75 Å². The second-order valence-electron chi connectivity index (χ2n) is 3.77. The van der Waals surface area contributed by atoms with Crippen molar-refractivity contribution < 1.29 is 30.5 Å². The molecule has 7 heteroatoms. The molecule has 17 heavy (non-hydrogen) atoms. The summed E-state index contributed by atoms with van der Waals surface area (Å²) < 4.78 is 4.76. The number of aromatic hydroxyl groups is 1. The number of hydroxylamine groups is 3. The summed E-state index contributed by atoms with van der Waals surface area (Å²) in [4.78, 5) is 0. The van der Waals surface area contributed by atoms with E-state index in [0.717, 1.165) is 5.56 Å². The van der Waals surface area contributed by atoms with Crippen LogP contribution in [0.25, 0.3) is 0 Å². The lowest BCUT2D eigenvalue weighted by molar-refractivity contribution is -1.06. The number of ether oxygens (including phenoxy) is 1. The maximum absolute atomic E-state index is 10.6. The molecule has 0 aliphatic heterocycles. The zero-order chi connectivity index (χ0) is 13.0. The van der Waals surface area contributed by atoms with Gasteiger partial charge in [-0.15, -0.1) is 5.06 Å². The molecule has 1 rings (SSSR count). The number of phenolic OH excluding ortho intramolecular Hbond substituents is 1. The van der Waals surface area contributed by atoms with Crippen LogP contribution in [0.1, 0.15) is 11.1 Å². The fourth-order valence-electron chi connectivity index (χ4n) is 1.59. The largest absolute Gasteiger partial charge is 0.600 e. The van der Waals surface area contributed by atoms with E-state index in [2.05, 4.69) is 0 Å². The Hall–Kier alpha value is -1.22. The third-order valence-corrected chi connectivity index (χ3v) is 2.27. The van der Waals surface area contributed by atoms with Crippen LogP contribution in [0.15, 0.2) is 12.1 Å². The van der Waals surface area contributed by atoms with Crippen molar-refractivity contribution in [2.24, 2.45) is 0 Å². The molecular weight excluding hydrogens is 228 g/mol. The molecule has 1 aromatic carbocycles. The number of aryl methyl sites for hydroxylation is 1. The van der Waals surface area contributed by atoms with Gasteiger partial charge in [0.25, 0.3) is 0 Å². The number of quaternary nitrogens is 2. The lowest BCUT2D eigenvalue weighted by atomic mass is 10.1. The van der Waals surface area contributed by atoms with E-state index >= 15 is 0 Å². The molecule has 1 aromatic rings. The Labute approximate surface area is 98.6 Å². The number of methoxy groups -OCH3 is 1. The Morgan fingerprint density at radius 3 is 2.53 bits per heavy atom. The van der Waals surface area contributed by atoms with Crippen LogP contribution in [0.2, 0.25) is 0 Å². The summed E-state index contributed by atoms with van der Waals surface area (Å²) in [5.41, 5.74) is 1.25. The highest BCUT2D eigenvalue weighted by Gasteiger charge is 2.20. The summed E-state index contributed by atoms with van der Waals surface area (Å²) in [6, 6.07) is 3.15. The van der Waals surface area contributed by atoms with E-state index in [4.69, 9.17) is 9.94 Å². The summed E-state index contributed by atoms with van der Waals surface area (Å²) >= 11 is 0. The van der Waals surface area contributed by atoms with Gasteiger partial charge in [0.2, 0.25) is 12.4 Å². The number of benzene rings is 1. The highest BCUT2D eigenvalue weighted by atomic mass is 16.8. The van der Waals surface area contributed by atoms with E-state index in [1.54, 1.807) is 19.1 Å². The fourth-order valence-corrected chi connectivity index (χ4v) is 1.59. The van der Waals surface area contributed by atoms with Crippen molar-refractivity contribution in [2.45, 2.75) is 13.5 Å². The first-order valence-corrected chi connectivity index (χ1v) is 5.04. The highest BCUT2D eigenvalue weighted by molar-refractivity contribution is 5.52. The molecule has 0 saturated heterocycles. The van der Waals surface area contributed by atoms with Crippen LogP contribution in [0.3, 0.4) is 0 Å². The second-order valence-corrected chi connectivity index (χ2v) is 3.77. The Morgan fingerprint density at radius 2 is 2.00 bits per heavy atom. The maximum atomic E-state index is 10.6. The molecule has 0 heterocycles. The van der Waals surface area contributed by atoms with Crippen LogP contribution in [0.4, 0.5) is 5.69 Å². The van der Waals surface area contributed by atoms with Gasteiger partial charge in [-0.1, -0.05) is 0 Å². The van der Waals surface area contributed by atoms with E-state index in [-0.39, 0.29) is 35.3 Å². The predicted octanol–water partition coefficient (Wildman–Crippen LogP) is -1.52. The van der Waals surface area contributed by atoms with E-state index in [1.165, 1.54) is 7.11 Å². The zero-order valence-corrected chi connectivity index (χ0v) is 9.73. The second kappa shape index (κ2) is 5.92. The van der Waals surface area contributed by atoms with Crippen LogP contribution >= 0.6 is 0 Å². The van der Waals surface area contributed by atoms with E-state index in [0.29, 0.717) is 0 Å². The van der Waals surface area contributed by atoms with Crippen LogP contribution in [0, 0.1) is 12.1 Å². The van der Waals surface area contributed by atoms with Gasteiger partial charge in [-0.25, -0.2) is 15.6 Å². The molecule has 0 aliphatic rings. The minimum Gasteiger partial charge on any atom is -0.600 e. The van der Waals surface area contributed by atoms with Gasteiger partial charge >= 0.3 is 0 Å². The Morgan fingerprint density at radius 1 is 1.35 bits per heavy atom. The molecule has 0 amide bonds. The van der Waals surface area contributed by atoms with Crippen molar-refractivity contribution in [3.05, 3.63) is 28.5 Å². The molecule has 0 aliphatic carbocycles. The van der Waals surface area contributed by atoms with Crippen LogP contribution in [-0.4, -0.2) is 29.4 Å². The number of phenols is 1. The standard InChI is InChI=1S/C10H16N2O5/c1-7-3-8(5-12(15)16)10(13)9(4-7)11(14)6-17-2/h3-4,12-15H,5-6H2,1-2H3/p+1. The topological polar surface area (TPSA) is 102 Å². The molecule has 0 radical (unpaired) electrons.